The molecule has 1 fully saturated rings. The normalized spacial score (nSPS) is 20.1. The van der Waals surface area contributed by atoms with Gasteiger partial charge in [-0.15, -0.1) is 0 Å². The van der Waals surface area contributed by atoms with Crippen LogP contribution in [0.4, 0.5) is 0 Å². The Morgan fingerprint density at radius 3 is 2.00 bits per heavy atom. The lowest BCUT2D eigenvalue weighted by Gasteiger charge is -2.33. The molecule has 17 heavy (non-hydrogen) atoms. The third-order valence-corrected chi connectivity index (χ3v) is 2.98. The second-order valence-electron chi connectivity index (χ2n) is 6.43. The molecule has 0 saturated heterocycles. The summed E-state index contributed by atoms with van der Waals surface area (Å²) in [6.07, 6.45) is 5.09. The summed E-state index contributed by atoms with van der Waals surface area (Å²) >= 11 is 0. The Labute approximate surface area is 105 Å². The largest absolute Gasteiger partial charge is 0.462 e. The van der Waals surface area contributed by atoms with E-state index in [4.69, 9.17) is 5.84 Å². The van der Waals surface area contributed by atoms with Crippen molar-refractivity contribution in [3.63, 3.8) is 0 Å². The van der Waals surface area contributed by atoms with E-state index in [1.807, 2.05) is 20.8 Å². The fourth-order valence-electron chi connectivity index (χ4n) is 1.71. The van der Waals surface area contributed by atoms with Gasteiger partial charge in [0, 0.05) is 6.04 Å². The summed E-state index contributed by atoms with van der Waals surface area (Å²) in [5.74, 6) is 5.34. The van der Waals surface area contributed by atoms with Crippen molar-refractivity contribution in [3.05, 3.63) is 0 Å². The van der Waals surface area contributed by atoms with Crippen LogP contribution < -0.4 is 11.3 Å². The Morgan fingerprint density at radius 2 is 1.76 bits per heavy atom. The van der Waals surface area contributed by atoms with Crippen molar-refractivity contribution in [2.45, 2.75) is 71.9 Å². The van der Waals surface area contributed by atoms with E-state index < -0.39 is 0 Å². The Balaban J connectivity index is 0.000000325. The molecular formula is C13H28N2O2. The average molecular weight is 244 g/mol. The van der Waals surface area contributed by atoms with E-state index >= 15 is 0 Å². The third kappa shape index (κ3) is 9.12. The lowest BCUT2D eigenvalue weighted by molar-refractivity contribution is -0.138. The first-order valence-corrected chi connectivity index (χ1v) is 6.28. The van der Waals surface area contributed by atoms with E-state index in [1.54, 1.807) is 0 Å². The zero-order chi connectivity index (χ0) is 13.5. The van der Waals surface area contributed by atoms with Crippen molar-refractivity contribution >= 4 is 6.47 Å². The van der Waals surface area contributed by atoms with E-state index in [0.29, 0.717) is 17.9 Å². The fraction of sp³-hybridized carbons (Fsp3) is 0.923. The maximum atomic E-state index is 9.60. The van der Waals surface area contributed by atoms with Crippen LogP contribution in [0.2, 0.25) is 0 Å². The first kappa shape index (κ1) is 16.4. The van der Waals surface area contributed by atoms with Crippen LogP contribution in [0, 0.1) is 5.41 Å². The quantitative estimate of drug-likeness (QED) is 0.445. The first-order chi connectivity index (χ1) is 7.70. The number of nitrogens with one attached hydrogen (secondary N) is 1. The van der Waals surface area contributed by atoms with Crippen LogP contribution in [0.5, 0.6) is 0 Å². The maximum absolute atomic E-state index is 9.60. The minimum Gasteiger partial charge on any atom is -0.462 e. The highest BCUT2D eigenvalue weighted by Crippen LogP contribution is 2.34. The molecule has 1 rings (SSSR count). The van der Waals surface area contributed by atoms with Crippen LogP contribution in [-0.2, 0) is 9.53 Å². The predicted molar refractivity (Wildman–Crippen MR) is 70.3 cm³/mol. The van der Waals surface area contributed by atoms with Crippen molar-refractivity contribution in [2.24, 2.45) is 11.3 Å². The molecule has 0 aromatic carbocycles. The molecule has 4 nitrogen and oxygen atoms in total. The van der Waals surface area contributed by atoms with E-state index in [-0.39, 0.29) is 5.60 Å². The van der Waals surface area contributed by atoms with Crippen molar-refractivity contribution < 1.29 is 9.53 Å². The second-order valence-corrected chi connectivity index (χ2v) is 6.43. The molecule has 0 aromatic heterocycles. The molecule has 1 aliphatic rings. The van der Waals surface area contributed by atoms with Crippen LogP contribution in [-0.4, -0.2) is 18.1 Å². The van der Waals surface area contributed by atoms with Gasteiger partial charge in [-0.25, -0.2) is 0 Å². The molecule has 0 bridgehead atoms. The number of carbonyl (C=O) groups is 1. The molecule has 0 heterocycles. The van der Waals surface area contributed by atoms with Crippen molar-refractivity contribution in [3.8, 4) is 0 Å². The van der Waals surface area contributed by atoms with Gasteiger partial charge in [-0.1, -0.05) is 13.8 Å². The molecule has 0 aliphatic heterocycles. The van der Waals surface area contributed by atoms with Gasteiger partial charge in [0.05, 0.1) is 0 Å². The maximum Gasteiger partial charge on any atom is 0.293 e. The Kier molecular flexibility index (Phi) is 6.72. The number of nitrogens with two attached hydrogens (primary N) is 1. The smallest absolute Gasteiger partial charge is 0.293 e. The van der Waals surface area contributed by atoms with Gasteiger partial charge >= 0.3 is 0 Å². The summed E-state index contributed by atoms with van der Waals surface area (Å²) in [6.45, 7) is 10.6. The van der Waals surface area contributed by atoms with E-state index in [9.17, 15) is 4.79 Å². The highest BCUT2D eigenvalue weighted by Gasteiger charge is 2.25. The summed E-state index contributed by atoms with van der Waals surface area (Å²) in [4.78, 5) is 9.60. The van der Waals surface area contributed by atoms with Gasteiger partial charge < -0.3 is 4.74 Å². The second kappa shape index (κ2) is 6.97. The number of hydrogen-bond acceptors (Lipinski definition) is 4. The summed E-state index contributed by atoms with van der Waals surface area (Å²) in [7, 11) is 0. The van der Waals surface area contributed by atoms with Gasteiger partial charge in [-0.3, -0.25) is 16.1 Å². The average Bonchev–Trinajstić information content (AvgIpc) is 2.17. The zero-order valence-electron chi connectivity index (χ0n) is 11.9. The number of hydrogen-bond donors (Lipinski definition) is 2. The van der Waals surface area contributed by atoms with E-state index in [2.05, 4.69) is 24.0 Å². The topological polar surface area (TPSA) is 64.3 Å². The Bertz CT molecular complexity index is 212. The molecule has 1 aliphatic carbocycles. The summed E-state index contributed by atoms with van der Waals surface area (Å²) in [6, 6.07) is 0.577. The van der Waals surface area contributed by atoms with Gasteiger partial charge in [0.1, 0.15) is 5.60 Å². The van der Waals surface area contributed by atoms with E-state index in [1.165, 1.54) is 25.7 Å². The van der Waals surface area contributed by atoms with Crippen molar-refractivity contribution in [1.82, 2.24) is 5.43 Å². The molecule has 0 unspecified atom stereocenters. The monoisotopic (exact) mass is 244 g/mol. The molecular weight excluding hydrogens is 216 g/mol. The van der Waals surface area contributed by atoms with Crippen LogP contribution in [0.3, 0.4) is 0 Å². The van der Waals surface area contributed by atoms with Crippen LogP contribution in [0.25, 0.3) is 0 Å². The molecule has 0 radical (unpaired) electrons. The van der Waals surface area contributed by atoms with Crippen LogP contribution in [0.1, 0.15) is 60.3 Å². The molecule has 102 valence electrons. The summed E-state index contributed by atoms with van der Waals surface area (Å²) in [5, 5.41) is 0. The van der Waals surface area contributed by atoms with Gasteiger partial charge in [0.2, 0.25) is 0 Å². The molecule has 0 aromatic rings. The number of rotatable bonds is 2. The zero-order valence-corrected chi connectivity index (χ0v) is 11.9. The number of hydrazine groups is 1. The van der Waals surface area contributed by atoms with Crippen molar-refractivity contribution in [1.29, 1.82) is 0 Å². The minimum atomic E-state index is -0.318. The molecule has 0 amide bonds. The molecule has 4 heteroatoms. The van der Waals surface area contributed by atoms with Crippen LogP contribution in [0.15, 0.2) is 0 Å². The SMILES string of the molecule is CC(C)(C)OC=O.CC1(C)CCC(NN)CC1. The molecule has 0 spiro atoms. The fourth-order valence-corrected chi connectivity index (χ4v) is 1.71. The predicted octanol–water partition coefficient (Wildman–Crippen LogP) is 2.38. The third-order valence-electron chi connectivity index (χ3n) is 2.98. The highest BCUT2D eigenvalue weighted by atomic mass is 16.5. The summed E-state index contributed by atoms with van der Waals surface area (Å²) < 4.78 is 4.55. The standard InChI is InChI=1S/C8H18N2.C5H10O2/c1-8(2)5-3-7(10-9)4-6-8;1-5(2,3)7-4-6/h7,10H,3-6,9H2,1-2H3;4H,1-3H3. The lowest BCUT2D eigenvalue weighted by atomic mass is 9.76. The first-order valence-electron chi connectivity index (χ1n) is 6.28. The van der Waals surface area contributed by atoms with Crippen LogP contribution >= 0.6 is 0 Å². The van der Waals surface area contributed by atoms with Gasteiger partial charge in [0.15, 0.2) is 0 Å². The van der Waals surface area contributed by atoms with Gasteiger partial charge in [-0.05, 0) is 51.9 Å². The van der Waals surface area contributed by atoms with Gasteiger partial charge in [0.25, 0.3) is 6.47 Å². The molecule has 0 atom stereocenters. The molecule has 3 N–H and O–H groups in total. The van der Waals surface area contributed by atoms with Crippen molar-refractivity contribution in [2.75, 3.05) is 0 Å². The van der Waals surface area contributed by atoms with Gasteiger partial charge in [-0.2, -0.15) is 0 Å². The van der Waals surface area contributed by atoms with E-state index in [0.717, 1.165) is 0 Å². The Hall–Kier alpha value is -0.610. The highest BCUT2D eigenvalue weighted by molar-refractivity contribution is 5.37. The molecule has 1 saturated carbocycles. The summed E-state index contributed by atoms with van der Waals surface area (Å²) in [5.41, 5.74) is 3.09. The number of carbonyl (C=O) groups excluding carboxylic acids is 1. The Morgan fingerprint density at radius 1 is 1.29 bits per heavy atom. The minimum absolute atomic E-state index is 0.318. The number of ether oxygens (including phenoxy) is 1. The lowest BCUT2D eigenvalue weighted by Crippen LogP contribution is -2.39.